The molecule has 0 saturated heterocycles. The summed E-state index contributed by atoms with van der Waals surface area (Å²) in [6, 6.07) is 6.14. The summed E-state index contributed by atoms with van der Waals surface area (Å²) >= 11 is 3.29. The maximum atomic E-state index is 7.91. The highest BCUT2D eigenvalue weighted by Crippen LogP contribution is 2.19. The molecule has 2 rings (SSSR count). The van der Waals surface area contributed by atoms with Gasteiger partial charge in [-0.15, -0.1) is 0 Å². The number of nitrogens with zero attached hydrogens (tertiary/aromatic N) is 1. The maximum absolute atomic E-state index is 7.91. The molecule has 0 aliphatic heterocycles. The summed E-state index contributed by atoms with van der Waals surface area (Å²) in [7, 11) is 0. The predicted octanol–water partition coefficient (Wildman–Crippen LogP) is 3.82. The molecule has 0 radical (unpaired) electrons. The van der Waals surface area contributed by atoms with Gasteiger partial charge in [0.05, 0.1) is 9.81 Å². The van der Waals surface area contributed by atoms with Gasteiger partial charge < -0.3 is 0 Å². The van der Waals surface area contributed by atoms with Crippen LogP contribution in [0.5, 0.6) is 0 Å². The van der Waals surface area contributed by atoms with E-state index in [1.807, 2.05) is 0 Å². The van der Waals surface area contributed by atoms with Crippen LogP contribution >= 0.6 is 15.9 Å². The Morgan fingerprint density at radius 3 is 2.79 bits per heavy atom. The van der Waals surface area contributed by atoms with Crippen LogP contribution in [0.25, 0.3) is 11.3 Å². The fourth-order valence-corrected chi connectivity index (χ4v) is 1.30. The zero-order valence-corrected chi connectivity index (χ0v) is 8.72. The van der Waals surface area contributed by atoms with Crippen molar-refractivity contribution in [3.8, 4) is 11.3 Å². The lowest BCUT2D eigenvalue weighted by Gasteiger charge is -2.00. The SMILES string of the molecule is [2H]c1nc(-c2ccc(Br)cc2)c([2H])c([2H])c1C([2H])([2H])[2H]. The fraction of sp³-hybridized carbons (Fsp3) is 0.0833. The number of aromatic nitrogens is 1. The van der Waals surface area contributed by atoms with Crippen LogP contribution < -0.4 is 0 Å². The first kappa shape index (κ1) is 4.58. The van der Waals surface area contributed by atoms with Gasteiger partial charge in [-0.25, -0.2) is 0 Å². The van der Waals surface area contributed by atoms with Crippen molar-refractivity contribution in [2.45, 2.75) is 6.85 Å². The van der Waals surface area contributed by atoms with Crippen molar-refractivity contribution in [2.75, 3.05) is 0 Å². The van der Waals surface area contributed by atoms with Crippen LogP contribution in [0.15, 0.2) is 47.0 Å². The van der Waals surface area contributed by atoms with Gasteiger partial charge in [0.25, 0.3) is 0 Å². The van der Waals surface area contributed by atoms with Gasteiger partial charge in [-0.2, -0.15) is 0 Å². The minimum atomic E-state index is -2.62. The molecule has 0 aliphatic rings. The van der Waals surface area contributed by atoms with Gasteiger partial charge in [0.1, 0.15) is 0 Å². The summed E-state index contributed by atoms with van der Waals surface area (Å²) < 4.78 is 46.2. The van der Waals surface area contributed by atoms with Crippen molar-refractivity contribution < 1.29 is 8.22 Å². The normalized spacial score (nSPS) is 17.2. The summed E-state index contributed by atoms with van der Waals surface area (Å²) in [5.41, 5.74) is 0.223. The van der Waals surface area contributed by atoms with E-state index >= 15 is 0 Å². The van der Waals surface area contributed by atoms with E-state index in [9.17, 15) is 0 Å². The molecule has 1 nitrogen and oxygen atoms in total. The van der Waals surface area contributed by atoms with E-state index in [1.54, 1.807) is 24.3 Å². The highest BCUT2D eigenvalue weighted by atomic mass is 79.9. The van der Waals surface area contributed by atoms with Crippen molar-refractivity contribution in [1.29, 1.82) is 0 Å². The van der Waals surface area contributed by atoms with Gasteiger partial charge in [-0.1, -0.05) is 34.1 Å². The number of rotatable bonds is 1. The summed E-state index contributed by atoms with van der Waals surface area (Å²) in [5, 5.41) is 0. The van der Waals surface area contributed by atoms with Gasteiger partial charge in [-0.3, -0.25) is 4.98 Å². The number of halogens is 1. The molecular weight excluding hydrogens is 238 g/mol. The predicted molar refractivity (Wildman–Crippen MR) is 62.1 cm³/mol. The van der Waals surface area contributed by atoms with E-state index in [0.717, 1.165) is 4.47 Å². The summed E-state index contributed by atoms with van der Waals surface area (Å²) in [5.74, 6) is 0. The Balaban J connectivity index is 2.67. The van der Waals surface area contributed by atoms with Crippen molar-refractivity contribution in [3.05, 3.63) is 52.6 Å². The Bertz CT molecular complexity index is 650. The third kappa shape index (κ3) is 2.02. The van der Waals surface area contributed by atoms with Gasteiger partial charge >= 0.3 is 0 Å². The molecule has 0 fully saturated rings. The molecule has 0 spiro atoms. The lowest BCUT2D eigenvalue weighted by molar-refractivity contribution is 1.27. The zero-order chi connectivity index (χ0) is 15.1. The first-order valence-electron chi connectivity index (χ1n) is 6.96. The molecule has 14 heavy (non-hydrogen) atoms. The van der Waals surface area contributed by atoms with Crippen LogP contribution in [0, 0.1) is 6.85 Å². The largest absolute Gasteiger partial charge is 0.256 e. The number of hydrogen-bond acceptors (Lipinski definition) is 1. The number of hydrogen-bond donors (Lipinski definition) is 0. The smallest absolute Gasteiger partial charge is 0.0843 e. The highest BCUT2D eigenvalue weighted by molar-refractivity contribution is 9.10. The zero-order valence-electron chi connectivity index (χ0n) is 13.1. The Labute approximate surface area is 100 Å². The van der Waals surface area contributed by atoms with Crippen molar-refractivity contribution in [3.63, 3.8) is 0 Å². The minimum Gasteiger partial charge on any atom is -0.256 e. The number of pyridine rings is 1. The standard InChI is InChI=1S/C12H10BrN/c1-9-2-7-12(14-8-9)10-3-5-11(13)6-4-10/h2-8H,1H3/i1D3,2D,7D,8D. The third-order valence-electron chi connectivity index (χ3n) is 1.70. The Morgan fingerprint density at radius 1 is 1.29 bits per heavy atom. The van der Waals surface area contributed by atoms with Gasteiger partial charge in [0.15, 0.2) is 0 Å². The van der Waals surface area contributed by atoms with Crippen LogP contribution in [0.4, 0.5) is 0 Å². The Hall–Kier alpha value is -1.15. The highest BCUT2D eigenvalue weighted by Gasteiger charge is 1.97. The van der Waals surface area contributed by atoms with E-state index < -0.39 is 24.6 Å². The summed E-state index contributed by atoms with van der Waals surface area (Å²) in [6.45, 7) is -2.62. The molecule has 1 aromatic carbocycles. The second-order valence-electron chi connectivity index (χ2n) is 2.70. The molecule has 0 atom stereocenters. The van der Waals surface area contributed by atoms with Crippen molar-refractivity contribution >= 4 is 15.9 Å². The first-order chi connectivity index (χ1) is 9.21. The average molecular weight is 254 g/mol. The summed E-state index contributed by atoms with van der Waals surface area (Å²) in [6.07, 6.45) is -0.482. The van der Waals surface area contributed by atoms with Crippen LogP contribution in [0.2, 0.25) is 0 Å². The molecule has 0 aliphatic carbocycles. The van der Waals surface area contributed by atoms with Crippen molar-refractivity contribution in [2.24, 2.45) is 0 Å². The second-order valence-corrected chi connectivity index (χ2v) is 3.62. The monoisotopic (exact) mass is 253 g/mol. The molecule has 0 unspecified atom stereocenters. The molecule has 0 bridgehead atoms. The van der Waals surface area contributed by atoms with E-state index in [-0.39, 0.29) is 11.7 Å². The lowest BCUT2D eigenvalue weighted by Crippen LogP contribution is -1.83. The molecule has 0 N–H and O–H groups in total. The molecule has 70 valence electrons. The molecule has 0 amide bonds. The second kappa shape index (κ2) is 3.93. The molecular formula is C12H10BrN. The molecule has 1 heterocycles. The third-order valence-corrected chi connectivity index (χ3v) is 2.23. The molecule has 2 heteroatoms. The van der Waals surface area contributed by atoms with Crippen LogP contribution in [-0.4, -0.2) is 4.98 Å². The van der Waals surface area contributed by atoms with E-state index in [2.05, 4.69) is 20.9 Å². The van der Waals surface area contributed by atoms with Crippen LogP contribution in [-0.2, 0) is 0 Å². The molecule has 2 aromatic rings. The fourth-order valence-electron chi connectivity index (χ4n) is 1.03. The number of benzene rings is 1. The van der Waals surface area contributed by atoms with Crippen LogP contribution in [0.3, 0.4) is 0 Å². The first-order valence-corrected chi connectivity index (χ1v) is 4.75. The Morgan fingerprint density at radius 2 is 2.07 bits per heavy atom. The molecule has 0 saturated carbocycles. The van der Waals surface area contributed by atoms with E-state index in [1.165, 1.54) is 0 Å². The quantitative estimate of drug-likeness (QED) is 0.753. The molecule has 1 aromatic heterocycles. The minimum absolute atomic E-state index is 0.139. The van der Waals surface area contributed by atoms with Crippen LogP contribution in [0.1, 0.15) is 13.8 Å². The Kier molecular flexibility index (Phi) is 1.28. The lowest BCUT2D eigenvalue weighted by atomic mass is 10.1. The van der Waals surface area contributed by atoms with Crippen molar-refractivity contribution in [1.82, 2.24) is 4.98 Å². The van der Waals surface area contributed by atoms with E-state index in [4.69, 9.17) is 8.22 Å². The van der Waals surface area contributed by atoms with Gasteiger partial charge in [-0.05, 0) is 30.6 Å². The topological polar surface area (TPSA) is 12.9 Å². The maximum Gasteiger partial charge on any atom is 0.0843 e. The van der Waals surface area contributed by atoms with Gasteiger partial charge in [0.2, 0.25) is 0 Å². The summed E-state index contributed by atoms with van der Waals surface area (Å²) in [4.78, 5) is 3.88. The van der Waals surface area contributed by atoms with E-state index in [0.29, 0.717) is 5.56 Å². The van der Waals surface area contributed by atoms with Gasteiger partial charge in [0, 0.05) is 20.3 Å². The average Bonchev–Trinajstić information content (AvgIpc) is 2.33.